The van der Waals surface area contributed by atoms with Crippen molar-refractivity contribution in [3.05, 3.63) is 74.8 Å². The van der Waals surface area contributed by atoms with Gasteiger partial charge in [-0.1, -0.05) is 35.9 Å². The number of ketones is 1. The Morgan fingerprint density at radius 1 is 1.05 bits per heavy atom. The van der Waals surface area contributed by atoms with Crippen LogP contribution in [0.1, 0.15) is 27.0 Å². The maximum Gasteiger partial charge on any atom is 0.270 e. The summed E-state index contributed by atoms with van der Waals surface area (Å²) in [6, 6.07) is 11.5. The van der Waals surface area contributed by atoms with Crippen LogP contribution in [-0.2, 0) is 0 Å². The van der Waals surface area contributed by atoms with E-state index in [-0.39, 0.29) is 11.5 Å². The van der Waals surface area contributed by atoms with Gasteiger partial charge in [0.05, 0.1) is 4.92 Å². The molecule has 0 atom stereocenters. The van der Waals surface area contributed by atoms with E-state index in [9.17, 15) is 14.9 Å². The van der Waals surface area contributed by atoms with Gasteiger partial charge in [-0.2, -0.15) is 0 Å². The molecule has 0 saturated heterocycles. The molecule has 0 fully saturated rings. The lowest BCUT2D eigenvalue weighted by atomic mass is 9.98. The van der Waals surface area contributed by atoms with Gasteiger partial charge in [0.15, 0.2) is 5.78 Å². The molecule has 2 aromatic rings. The Kier molecular flexibility index (Phi) is 3.42. The Bertz CT molecular complexity index is 645. The predicted molar refractivity (Wildman–Crippen MR) is 72.4 cm³/mol. The number of hydrogen-bond donors (Lipinski definition) is 0. The molecule has 0 aliphatic heterocycles. The van der Waals surface area contributed by atoms with E-state index in [1.807, 2.05) is 19.1 Å². The van der Waals surface area contributed by atoms with Crippen LogP contribution in [0.25, 0.3) is 0 Å². The van der Waals surface area contributed by atoms with E-state index in [0.29, 0.717) is 11.1 Å². The lowest BCUT2D eigenvalue weighted by Gasteiger charge is -2.05. The molecule has 0 saturated carbocycles. The lowest BCUT2D eigenvalue weighted by molar-refractivity contribution is -0.384. The van der Waals surface area contributed by atoms with E-state index in [1.165, 1.54) is 12.1 Å². The molecular formula is C15H13NO3. The molecule has 0 amide bonds. The van der Waals surface area contributed by atoms with Crippen LogP contribution in [0.4, 0.5) is 5.69 Å². The second-order valence-electron chi connectivity index (χ2n) is 4.45. The maximum absolute atomic E-state index is 12.3. The molecule has 0 spiro atoms. The Balaban J connectivity index is 2.46. The van der Waals surface area contributed by atoms with E-state index in [4.69, 9.17) is 0 Å². The summed E-state index contributed by atoms with van der Waals surface area (Å²) >= 11 is 0. The number of rotatable bonds is 3. The molecule has 2 rings (SSSR count). The third-order valence-corrected chi connectivity index (χ3v) is 2.99. The largest absolute Gasteiger partial charge is 0.289 e. The lowest BCUT2D eigenvalue weighted by Crippen LogP contribution is -2.04. The summed E-state index contributed by atoms with van der Waals surface area (Å²) in [5, 5.41) is 10.8. The summed E-state index contributed by atoms with van der Waals surface area (Å²) in [6.07, 6.45) is 0. The third-order valence-electron chi connectivity index (χ3n) is 2.99. The fraction of sp³-hybridized carbons (Fsp3) is 0.133. The molecule has 4 heteroatoms. The van der Waals surface area contributed by atoms with Crippen molar-refractivity contribution in [1.82, 2.24) is 0 Å². The summed E-state index contributed by atoms with van der Waals surface area (Å²) in [7, 11) is 0. The van der Waals surface area contributed by atoms with Crippen molar-refractivity contribution in [3.63, 3.8) is 0 Å². The standard InChI is InChI=1S/C15H13NO3/c1-10-3-6-12(7-4-10)15(17)14-9-13(16(18)19)8-5-11(14)2/h3-9H,1-2H3. The first kappa shape index (κ1) is 13.0. The number of non-ortho nitro benzene ring substituents is 1. The zero-order valence-electron chi connectivity index (χ0n) is 10.7. The quantitative estimate of drug-likeness (QED) is 0.479. The van der Waals surface area contributed by atoms with Crippen molar-refractivity contribution in [2.45, 2.75) is 13.8 Å². The SMILES string of the molecule is Cc1ccc(C(=O)c2cc([N+](=O)[O-])ccc2C)cc1. The molecule has 0 bridgehead atoms. The topological polar surface area (TPSA) is 60.2 Å². The first-order valence-electron chi connectivity index (χ1n) is 5.85. The zero-order valence-corrected chi connectivity index (χ0v) is 10.7. The minimum atomic E-state index is -0.495. The maximum atomic E-state index is 12.3. The summed E-state index contributed by atoms with van der Waals surface area (Å²) in [6.45, 7) is 3.71. The molecule has 0 aliphatic carbocycles. The monoisotopic (exact) mass is 255 g/mol. The summed E-state index contributed by atoms with van der Waals surface area (Å²) in [4.78, 5) is 22.6. The molecule has 0 heterocycles. The van der Waals surface area contributed by atoms with E-state index < -0.39 is 4.92 Å². The normalized spacial score (nSPS) is 10.2. The number of hydrogen-bond acceptors (Lipinski definition) is 3. The molecule has 2 aromatic carbocycles. The fourth-order valence-corrected chi connectivity index (χ4v) is 1.83. The van der Waals surface area contributed by atoms with Gasteiger partial charge < -0.3 is 0 Å². The zero-order chi connectivity index (χ0) is 14.0. The van der Waals surface area contributed by atoms with Gasteiger partial charge in [0.25, 0.3) is 5.69 Å². The molecule has 0 aromatic heterocycles. The summed E-state index contributed by atoms with van der Waals surface area (Å²) in [5.74, 6) is -0.193. The number of carbonyl (C=O) groups excluding carboxylic acids is 1. The Hall–Kier alpha value is -2.49. The number of aryl methyl sites for hydroxylation is 2. The fourth-order valence-electron chi connectivity index (χ4n) is 1.83. The van der Waals surface area contributed by atoms with Gasteiger partial charge in [-0.15, -0.1) is 0 Å². The van der Waals surface area contributed by atoms with E-state index in [2.05, 4.69) is 0 Å². The first-order chi connectivity index (χ1) is 8.99. The number of carbonyl (C=O) groups is 1. The third kappa shape index (κ3) is 2.68. The highest BCUT2D eigenvalue weighted by Gasteiger charge is 2.15. The van der Waals surface area contributed by atoms with Crippen molar-refractivity contribution in [3.8, 4) is 0 Å². The second kappa shape index (κ2) is 5.02. The predicted octanol–water partition coefficient (Wildman–Crippen LogP) is 3.44. The molecule has 19 heavy (non-hydrogen) atoms. The van der Waals surface area contributed by atoms with Crippen molar-refractivity contribution < 1.29 is 9.72 Å². The molecule has 0 radical (unpaired) electrons. The van der Waals surface area contributed by atoms with Crippen LogP contribution in [0, 0.1) is 24.0 Å². The number of nitrogens with zero attached hydrogens (tertiary/aromatic N) is 1. The minimum Gasteiger partial charge on any atom is -0.289 e. The van der Waals surface area contributed by atoms with Gasteiger partial charge >= 0.3 is 0 Å². The Labute approximate surface area is 110 Å². The van der Waals surface area contributed by atoms with Crippen molar-refractivity contribution in [2.24, 2.45) is 0 Å². The summed E-state index contributed by atoms with van der Waals surface area (Å²) < 4.78 is 0. The van der Waals surface area contributed by atoms with E-state index in [1.54, 1.807) is 25.1 Å². The average Bonchev–Trinajstić information content (AvgIpc) is 2.39. The van der Waals surface area contributed by atoms with Crippen LogP contribution in [0.5, 0.6) is 0 Å². The van der Waals surface area contributed by atoms with Crippen LogP contribution in [0.15, 0.2) is 42.5 Å². The molecule has 0 aliphatic rings. The molecule has 4 nitrogen and oxygen atoms in total. The highest BCUT2D eigenvalue weighted by atomic mass is 16.6. The van der Waals surface area contributed by atoms with Gasteiger partial charge in [0, 0.05) is 23.3 Å². The van der Waals surface area contributed by atoms with Gasteiger partial charge in [0.1, 0.15) is 0 Å². The van der Waals surface area contributed by atoms with Crippen LogP contribution >= 0.6 is 0 Å². The van der Waals surface area contributed by atoms with Crippen LogP contribution < -0.4 is 0 Å². The minimum absolute atomic E-state index is 0.0685. The highest BCUT2D eigenvalue weighted by molar-refractivity contribution is 6.10. The Morgan fingerprint density at radius 2 is 1.68 bits per heavy atom. The van der Waals surface area contributed by atoms with E-state index >= 15 is 0 Å². The molecular weight excluding hydrogens is 242 g/mol. The van der Waals surface area contributed by atoms with Crippen molar-refractivity contribution >= 4 is 11.5 Å². The van der Waals surface area contributed by atoms with Gasteiger partial charge in [-0.05, 0) is 19.4 Å². The van der Waals surface area contributed by atoms with E-state index in [0.717, 1.165) is 11.1 Å². The number of benzene rings is 2. The Morgan fingerprint density at radius 3 is 2.26 bits per heavy atom. The number of nitro benzene ring substituents is 1. The molecule has 0 N–H and O–H groups in total. The van der Waals surface area contributed by atoms with Crippen molar-refractivity contribution in [1.29, 1.82) is 0 Å². The van der Waals surface area contributed by atoms with Gasteiger partial charge in [-0.25, -0.2) is 0 Å². The van der Waals surface area contributed by atoms with Gasteiger partial charge in [-0.3, -0.25) is 14.9 Å². The van der Waals surface area contributed by atoms with Crippen LogP contribution in [0.3, 0.4) is 0 Å². The first-order valence-corrected chi connectivity index (χ1v) is 5.85. The van der Waals surface area contributed by atoms with Crippen LogP contribution in [-0.4, -0.2) is 10.7 Å². The summed E-state index contributed by atoms with van der Waals surface area (Å²) in [5.41, 5.74) is 2.64. The highest BCUT2D eigenvalue weighted by Crippen LogP contribution is 2.20. The molecule has 96 valence electrons. The second-order valence-corrected chi connectivity index (χ2v) is 4.45. The van der Waals surface area contributed by atoms with Gasteiger partial charge in [0.2, 0.25) is 0 Å². The van der Waals surface area contributed by atoms with Crippen LogP contribution in [0.2, 0.25) is 0 Å². The smallest absolute Gasteiger partial charge is 0.270 e. The average molecular weight is 255 g/mol. The van der Waals surface area contributed by atoms with Crippen molar-refractivity contribution in [2.75, 3.05) is 0 Å². The number of nitro groups is 1. The molecule has 0 unspecified atom stereocenters.